The third-order valence-electron chi connectivity index (χ3n) is 5.12. The van der Waals surface area contributed by atoms with Crippen LogP contribution in [-0.2, 0) is 39.7 Å². The van der Waals surface area contributed by atoms with Crippen molar-refractivity contribution in [1.29, 1.82) is 0 Å². The van der Waals surface area contributed by atoms with Crippen molar-refractivity contribution in [3.63, 3.8) is 0 Å². The minimum atomic E-state index is 0.0722. The van der Waals surface area contributed by atoms with E-state index in [1.165, 1.54) is 52.1 Å². The monoisotopic (exact) mass is 434 g/mol. The molecule has 0 N–H and O–H groups in total. The van der Waals surface area contributed by atoms with Crippen LogP contribution in [0.1, 0.15) is 110 Å². The lowest BCUT2D eigenvalue weighted by molar-refractivity contribution is -0.713. The van der Waals surface area contributed by atoms with Crippen molar-refractivity contribution in [3.8, 4) is 0 Å². The van der Waals surface area contributed by atoms with E-state index in [9.17, 15) is 0 Å². The summed E-state index contributed by atoms with van der Waals surface area (Å²) in [7, 11) is 1.42. The lowest BCUT2D eigenvalue weighted by Crippen LogP contribution is -2.17. The quantitative estimate of drug-likeness (QED) is 0.0848. The molecule has 1 aliphatic rings. The summed E-state index contributed by atoms with van der Waals surface area (Å²) in [5.74, 6) is 0.768. The molecule has 0 heterocycles. The third kappa shape index (κ3) is 17.0. The van der Waals surface area contributed by atoms with Crippen molar-refractivity contribution in [2.24, 2.45) is 0 Å². The van der Waals surface area contributed by atoms with Crippen LogP contribution in [0.25, 0.3) is 0 Å². The number of hydrogen-bond acceptors (Lipinski definition) is 8. The number of hydrogen-bond donors (Lipinski definition) is 0. The summed E-state index contributed by atoms with van der Waals surface area (Å²) in [6, 6.07) is 0. The summed E-state index contributed by atoms with van der Waals surface area (Å²) in [6.45, 7) is 2.60. The highest BCUT2D eigenvalue weighted by Crippen LogP contribution is 2.20. The fraction of sp³-hybridized carbons (Fsp3) is 0.909. The van der Waals surface area contributed by atoms with Gasteiger partial charge in [0.1, 0.15) is 5.76 Å². The molecule has 8 nitrogen and oxygen atoms in total. The van der Waals surface area contributed by atoms with Crippen LogP contribution in [0.5, 0.6) is 0 Å². The van der Waals surface area contributed by atoms with Gasteiger partial charge in [-0.25, -0.2) is 9.78 Å². The predicted molar refractivity (Wildman–Crippen MR) is 111 cm³/mol. The molecule has 0 aromatic carbocycles. The smallest absolute Gasteiger partial charge is 0.141 e. The third-order valence-corrected chi connectivity index (χ3v) is 5.12. The average Bonchev–Trinajstić information content (AvgIpc) is 2.78. The molecule has 8 heteroatoms. The molecule has 1 rings (SSSR count). The lowest BCUT2D eigenvalue weighted by atomic mass is 9.98. The van der Waals surface area contributed by atoms with E-state index in [1.807, 2.05) is 0 Å². The van der Waals surface area contributed by atoms with Gasteiger partial charge < -0.3 is 4.89 Å². The Balaban J connectivity index is 1.97. The van der Waals surface area contributed by atoms with E-state index in [0.717, 1.165) is 63.5 Å². The van der Waals surface area contributed by atoms with Gasteiger partial charge in [0.15, 0.2) is 0 Å². The lowest BCUT2D eigenvalue weighted by Gasteiger charge is -2.18. The van der Waals surface area contributed by atoms with Crippen LogP contribution < -0.4 is 0 Å². The molecule has 178 valence electrons. The van der Waals surface area contributed by atoms with Crippen LogP contribution >= 0.6 is 0 Å². The predicted octanol–water partition coefficient (Wildman–Crippen LogP) is 6.77. The highest BCUT2D eigenvalue weighted by atomic mass is 17.8. The fourth-order valence-electron chi connectivity index (χ4n) is 3.38. The molecule has 0 aromatic rings. The zero-order valence-corrected chi connectivity index (χ0v) is 18.9. The van der Waals surface area contributed by atoms with E-state index in [4.69, 9.17) is 14.7 Å². The van der Waals surface area contributed by atoms with Gasteiger partial charge in [-0.3, -0.25) is 0 Å². The molecule has 0 saturated heterocycles. The van der Waals surface area contributed by atoms with Gasteiger partial charge in [0.2, 0.25) is 0 Å². The highest BCUT2D eigenvalue weighted by molar-refractivity contribution is 4.91. The minimum absolute atomic E-state index is 0.0722. The standard InChI is InChI=1S/C22H42O8/c1-3-4-5-6-7-8-9-11-16-21(25-27-23-2)19-14-15-20-24-28-30-29-26-22-17-12-10-13-18-22/h16,22H,3-15,17-20H2,1-2H3. The molecule has 0 bridgehead atoms. The van der Waals surface area contributed by atoms with Gasteiger partial charge in [-0.1, -0.05) is 64.7 Å². The molecule has 1 saturated carbocycles. The van der Waals surface area contributed by atoms with Gasteiger partial charge in [-0.15, -0.1) is 0 Å². The molecule has 1 fully saturated rings. The molecule has 1 aliphatic carbocycles. The van der Waals surface area contributed by atoms with Crippen molar-refractivity contribution in [2.45, 2.75) is 116 Å². The van der Waals surface area contributed by atoms with E-state index < -0.39 is 0 Å². The second-order valence-corrected chi connectivity index (χ2v) is 7.74. The molecule has 30 heavy (non-hydrogen) atoms. The van der Waals surface area contributed by atoms with Crippen LogP contribution in [0.15, 0.2) is 11.8 Å². The van der Waals surface area contributed by atoms with Crippen molar-refractivity contribution in [1.82, 2.24) is 0 Å². The van der Waals surface area contributed by atoms with Crippen molar-refractivity contribution in [2.75, 3.05) is 13.7 Å². The van der Waals surface area contributed by atoms with Gasteiger partial charge >= 0.3 is 0 Å². The van der Waals surface area contributed by atoms with E-state index in [2.05, 4.69) is 38.0 Å². The molecular weight excluding hydrogens is 392 g/mol. The molecule has 0 atom stereocenters. The average molecular weight is 435 g/mol. The van der Waals surface area contributed by atoms with E-state index in [-0.39, 0.29) is 6.10 Å². The van der Waals surface area contributed by atoms with E-state index in [0.29, 0.717) is 6.61 Å². The molecule has 0 unspecified atom stereocenters. The van der Waals surface area contributed by atoms with E-state index in [1.54, 1.807) is 0 Å². The second kappa shape index (κ2) is 21.5. The van der Waals surface area contributed by atoms with Crippen molar-refractivity contribution in [3.05, 3.63) is 11.8 Å². The number of allylic oxidation sites excluding steroid dienone is 2. The van der Waals surface area contributed by atoms with Crippen molar-refractivity contribution < 1.29 is 39.7 Å². The minimum Gasteiger partial charge on any atom is -0.313 e. The normalized spacial score (nSPS) is 15.6. The van der Waals surface area contributed by atoms with Gasteiger partial charge in [-0.05, 0) is 64.8 Å². The van der Waals surface area contributed by atoms with E-state index >= 15 is 0 Å². The topological polar surface area (TPSA) is 73.8 Å². The van der Waals surface area contributed by atoms with Gasteiger partial charge in [0, 0.05) is 6.42 Å². The van der Waals surface area contributed by atoms with Gasteiger partial charge in [0.25, 0.3) is 0 Å². The van der Waals surface area contributed by atoms with Crippen LogP contribution in [0.3, 0.4) is 0 Å². The molecular formula is C22H42O8. The Kier molecular flexibility index (Phi) is 19.6. The first-order valence-electron chi connectivity index (χ1n) is 11.7. The summed E-state index contributed by atoms with van der Waals surface area (Å²) >= 11 is 0. The first-order valence-corrected chi connectivity index (χ1v) is 11.7. The van der Waals surface area contributed by atoms with Crippen LogP contribution in [-0.4, -0.2) is 19.8 Å². The molecule has 0 aliphatic heterocycles. The summed E-state index contributed by atoms with van der Waals surface area (Å²) < 4.78 is 0. The number of unbranched alkanes of at least 4 members (excludes halogenated alkanes) is 8. The Morgan fingerprint density at radius 2 is 1.57 bits per heavy atom. The summed E-state index contributed by atoms with van der Waals surface area (Å²) in [5, 5.41) is 18.1. The molecule has 0 aromatic heterocycles. The Bertz CT molecular complexity index is 385. The van der Waals surface area contributed by atoms with Gasteiger partial charge in [-0.2, -0.15) is 4.89 Å². The fourth-order valence-corrected chi connectivity index (χ4v) is 3.38. The maximum absolute atomic E-state index is 5.17. The Morgan fingerprint density at radius 3 is 2.33 bits per heavy atom. The first-order chi connectivity index (χ1) is 14.9. The molecule has 0 spiro atoms. The number of rotatable bonds is 21. The van der Waals surface area contributed by atoms with Crippen LogP contribution in [0.2, 0.25) is 0 Å². The maximum atomic E-state index is 5.17. The Hall–Kier alpha value is -0.740. The highest BCUT2D eigenvalue weighted by Gasteiger charge is 2.15. The Labute approximate surface area is 181 Å². The zero-order valence-electron chi connectivity index (χ0n) is 18.9. The first kappa shape index (κ1) is 27.3. The van der Waals surface area contributed by atoms with Crippen molar-refractivity contribution >= 4 is 0 Å². The summed E-state index contributed by atoms with van der Waals surface area (Å²) in [5.41, 5.74) is 0. The SMILES string of the molecule is CCCCCCCCCC=C(CCCCOOOOOC1CCCCC1)OOOC. The second-order valence-electron chi connectivity index (χ2n) is 7.74. The molecule has 0 radical (unpaired) electrons. The largest absolute Gasteiger partial charge is 0.313 e. The summed E-state index contributed by atoms with van der Waals surface area (Å²) in [4.78, 5) is 19.7. The van der Waals surface area contributed by atoms with Crippen LogP contribution in [0, 0.1) is 0 Å². The maximum Gasteiger partial charge on any atom is 0.141 e. The molecule has 0 amide bonds. The van der Waals surface area contributed by atoms with Crippen LogP contribution in [0.4, 0.5) is 0 Å². The zero-order chi connectivity index (χ0) is 21.5. The Morgan fingerprint density at radius 1 is 0.800 bits per heavy atom. The summed E-state index contributed by atoms with van der Waals surface area (Å²) in [6.07, 6.45) is 20.0. The van der Waals surface area contributed by atoms with Gasteiger partial charge in [0.05, 0.1) is 19.8 Å².